The first-order valence-electron chi connectivity index (χ1n) is 12.4. The highest BCUT2D eigenvalue weighted by atomic mass is 16.2. The highest BCUT2D eigenvalue weighted by Crippen LogP contribution is 2.61. The van der Waals surface area contributed by atoms with Gasteiger partial charge >= 0.3 is 0 Å². The summed E-state index contributed by atoms with van der Waals surface area (Å²) in [5, 5.41) is 2.69. The topological polar surface area (TPSA) is 86.8 Å². The average molecular weight is 450 g/mol. The molecule has 1 unspecified atom stereocenters. The van der Waals surface area contributed by atoms with Gasteiger partial charge in [0.2, 0.25) is 17.7 Å². The third-order valence-electron chi connectivity index (χ3n) is 8.57. The van der Waals surface area contributed by atoms with E-state index in [0.717, 1.165) is 32.1 Å². The van der Waals surface area contributed by atoms with Crippen molar-refractivity contribution >= 4 is 35.0 Å². The van der Waals surface area contributed by atoms with Crippen LogP contribution in [0.5, 0.6) is 0 Å². The zero-order chi connectivity index (χ0) is 22.9. The van der Waals surface area contributed by atoms with Gasteiger partial charge in [0, 0.05) is 18.7 Å². The summed E-state index contributed by atoms with van der Waals surface area (Å²) in [4.78, 5) is 55.0. The van der Waals surface area contributed by atoms with E-state index >= 15 is 0 Å². The number of hydrogen-bond acceptors (Lipinski definition) is 4. The molecule has 0 radical (unpaired) electrons. The maximum atomic E-state index is 14.1. The molecule has 174 valence electrons. The highest BCUT2D eigenvalue weighted by Gasteiger charge is 2.59. The smallest absolute Gasteiger partial charge is 0.257 e. The van der Waals surface area contributed by atoms with Gasteiger partial charge in [-0.3, -0.25) is 19.2 Å². The van der Waals surface area contributed by atoms with Crippen LogP contribution in [0, 0.1) is 23.2 Å². The number of carbonyl (C=O) groups is 4. The Morgan fingerprint density at radius 1 is 0.970 bits per heavy atom. The van der Waals surface area contributed by atoms with Gasteiger partial charge in [-0.2, -0.15) is 0 Å². The molecule has 6 aliphatic rings. The lowest BCUT2D eigenvalue weighted by Gasteiger charge is -2.57. The standard InChI is InChI=1S/C26H31N3O4/c1-15(30)27-19-2-4-21(5-3-19)29-23(31)11-22(24(29)32)28(20-6-7-20)25(33)26-12-16-8-17(13-26)10-18(9-16)14-26/h2-5,16-18,20,22H,6-14H2,1H3,(H,27,30). The van der Waals surface area contributed by atoms with Crippen molar-refractivity contribution < 1.29 is 19.2 Å². The Kier molecular flexibility index (Phi) is 4.68. The van der Waals surface area contributed by atoms with Crippen LogP contribution in [-0.2, 0) is 19.2 Å². The molecule has 1 saturated heterocycles. The molecule has 4 bridgehead atoms. The fourth-order valence-electron chi connectivity index (χ4n) is 7.56. The number of anilines is 2. The van der Waals surface area contributed by atoms with Crippen molar-refractivity contribution in [2.45, 2.75) is 76.8 Å². The average Bonchev–Trinajstić information content (AvgIpc) is 3.53. The maximum absolute atomic E-state index is 14.1. The van der Waals surface area contributed by atoms with Gasteiger partial charge in [-0.25, -0.2) is 4.90 Å². The molecule has 1 aromatic carbocycles. The Hall–Kier alpha value is -2.70. The Morgan fingerprint density at radius 3 is 2.06 bits per heavy atom. The number of imide groups is 1. The molecule has 5 saturated carbocycles. The number of carbonyl (C=O) groups excluding carboxylic acids is 4. The minimum absolute atomic E-state index is 0.0564. The van der Waals surface area contributed by atoms with Gasteiger partial charge in [-0.15, -0.1) is 0 Å². The fraction of sp³-hybridized carbons (Fsp3) is 0.615. The van der Waals surface area contributed by atoms with Crippen molar-refractivity contribution in [1.29, 1.82) is 0 Å². The highest BCUT2D eigenvalue weighted by molar-refractivity contribution is 6.23. The van der Waals surface area contributed by atoms with Crippen molar-refractivity contribution in [3.63, 3.8) is 0 Å². The quantitative estimate of drug-likeness (QED) is 0.698. The molecule has 1 aromatic rings. The Balaban J connectivity index is 1.25. The van der Waals surface area contributed by atoms with Gasteiger partial charge in [0.05, 0.1) is 17.5 Å². The largest absolute Gasteiger partial charge is 0.327 e. The van der Waals surface area contributed by atoms with Crippen LogP contribution >= 0.6 is 0 Å². The zero-order valence-corrected chi connectivity index (χ0v) is 19.1. The molecule has 33 heavy (non-hydrogen) atoms. The van der Waals surface area contributed by atoms with Crippen LogP contribution in [0.1, 0.15) is 64.7 Å². The third-order valence-corrected chi connectivity index (χ3v) is 8.57. The molecule has 4 amide bonds. The van der Waals surface area contributed by atoms with Crippen molar-refractivity contribution in [1.82, 2.24) is 4.90 Å². The second kappa shape index (κ2) is 7.40. The van der Waals surface area contributed by atoms with Crippen molar-refractivity contribution in [3.05, 3.63) is 24.3 Å². The second-order valence-corrected chi connectivity index (χ2v) is 11.2. The molecule has 5 aliphatic carbocycles. The van der Waals surface area contributed by atoms with E-state index in [1.54, 1.807) is 24.3 Å². The van der Waals surface area contributed by atoms with Crippen molar-refractivity contribution in [3.8, 4) is 0 Å². The summed E-state index contributed by atoms with van der Waals surface area (Å²) in [7, 11) is 0. The first-order valence-corrected chi connectivity index (χ1v) is 12.4. The molecular formula is C26H31N3O4. The SMILES string of the molecule is CC(=O)Nc1ccc(N2C(=O)CC(N(C(=O)C34CC5CC(CC(C5)C3)C4)C3CC3)C2=O)cc1. The molecule has 7 nitrogen and oxygen atoms in total. The van der Waals surface area contributed by atoms with Crippen LogP contribution in [-0.4, -0.2) is 40.6 Å². The summed E-state index contributed by atoms with van der Waals surface area (Å²) >= 11 is 0. The normalized spacial score (nSPS) is 34.6. The van der Waals surface area contributed by atoms with Gasteiger partial charge in [-0.05, 0) is 93.4 Å². The second-order valence-electron chi connectivity index (χ2n) is 11.2. The monoisotopic (exact) mass is 449 g/mol. The molecular weight excluding hydrogens is 418 g/mol. The molecule has 1 aliphatic heterocycles. The fourth-order valence-corrected chi connectivity index (χ4v) is 7.56. The van der Waals surface area contributed by atoms with Crippen LogP contribution in [0.3, 0.4) is 0 Å². The Morgan fingerprint density at radius 2 is 1.55 bits per heavy atom. The minimum Gasteiger partial charge on any atom is -0.327 e. The summed E-state index contributed by atoms with van der Waals surface area (Å²) in [6, 6.07) is 6.11. The van der Waals surface area contributed by atoms with Gasteiger partial charge in [0.1, 0.15) is 6.04 Å². The summed E-state index contributed by atoms with van der Waals surface area (Å²) in [5.41, 5.74) is 0.784. The van der Waals surface area contributed by atoms with Crippen LogP contribution in [0.4, 0.5) is 11.4 Å². The minimum atomic E-state index is -0.694. The van der Waals surface area contributed by atoms with Crippen molar-refractivity contribution in [2.24, 2.45) is 23.2 Å². The number of amides is 4. The van der Waals surface area contributed by atoms with E-state index in [4.69, 9.17) is 0 Å². The summed E-state index contributed by atoms with van der Waals surface area (Å²) in [5.74, 6) is 1.37. The lowest BCUT2D eigenvalue weighted by Crippen LogP contribution is -2.58. The third kappa shape index (κ3) is 3.47. The van der Waals surface area contributed by atoms with Gasteiger partial charge in [0.25, 0.3) is 5.91 Å². The number of benzene rings is 1. The molecule has 0 spiro atoms. The summed E-state index contributed by atoms with van der Waals surface area (Å²) < 4.78 is 0. The van der Waals surface area contributed by atoms with Gasteiger partial charge < -0.3 is 10.2 Å². The first-order chi connectivity index (χ1) is 15.8. The summed E-state index contributed by atoms with van der Waals surface area (Å²) in [6.07, 6.45) is 8.57. The molecule has 7 heteroatoms. The lowest BCUT2D eigenvalue weighted by atomic mass is 9.49. The number of rotatable bonds is 5. The zero-order valence-electron chi connectivity index (χ0n) is 19.1. The molecule has 6 fully saturated rings. The molecule has 1 atom stereocenters. The van der Waals surface area contributed by atoms with Crippen LogP contribution in [0.25, 0.3) is 0 Å². The van der Waals surface area contributed by atoms with E-state index < -0.39 is 6.04 Å². The van der Waals surface area contributed by atoms with E-state index in [1.807, 2.05) is 4.90 Å². The Bertz CT molecular complexity index is 993. The van der Waals surface area contributed by atoms with E-state index in [2.05, 4.69) is 5.32 Å². The van der Waals surface area contributed by atoms with Crippen LogP contribution < -0.4 is 10.2 Å². The predicted octanol–water partition coefficient (Wildman–Crippen LogP) is 3.48. The first kappa shape index (κ1) is 20.9. The number of nitrogens with one attached hydrogen (secondary N) is 1. The van der Waals surface area contributed by atoms with Crippen molar-refractivity contribution in [2.75, 3.05) is 10.2 Å². The van der Waals surface area contributed by atoms with E-state index in [9.17, 15) is 19.2 Å². The molecule has 1 heterocycles. The van der Waals surface area contributed by atoms with Crippen LogP contribution in [0.15, 0.2) is 24.3 Å². The number of nitrogens with zero attached hydrogens (tertiary/aromatic N) is 2. The van der Waals surface area contributed by atoms with E-state index in [-0.39, 0.29) is 41.5 Å². The Labute approximate surface area is 193 Å². The van der Waals surface area contributed by atoms with Crippen LogP contribution in [0.2, 0.25) is 0 Å². The predicted molar refractivity (Wildman–Crippen MR) is 122 cm³/mol. The van der Waals surface area contributed by atoms with E-state index in [0.29, 0.717) is 29.1 Å². The van der Waals surface area contributed by atoms with E-state index in [1.165, 1.54) is 31.1 Å². The lowest BCUT2D eigenvalue weighted by molar-refractivity contribution is -0.162. The molecule has 0 aromatic heterocycles. The molecule has 1 N–H and O–H groups in total. The van der Waals surface area contributed by atoms with Gasteiger partial charge in [-0.1, -0.05) is 0 Å². The van der Waals surface area contributed by atoms with Gasteiger partial charge in [0.15, 0.2) is 0 Å². The summed E-state index contributed by atoms with van der Waals surface area (Å²) in [6.45, 7) is 1.43. The molecule has 7 rings (SSSR count). The number of hydrogen-bond donors (Lipinski definition) is 1. The maximum Gasteiger partial charge on any atom is 0.257 e.